The van der Waals surface area contributed by atoms with E-state index in [0.717, 1.165) is 0 Å². The minimum Gasteiger partial charge on any atom is -0.327 e. The summed E-state index contributed by atoms with van der Waals surface area (Å²) in [5.74, 6) is 0. The fourth-order valence-corrected chi connectivity index (χ4v) is 14.5. The third-order valence-electron chi connectivity index (χ3n) is 5.99. The Hall–Kier alpha value is 0.731. The van der Waals surface area contributed by atoms with E-state index in [1.54, 1.807) is 0 Å². The molecule has 0 fully saturated rings. The van der Waals surface area contributed by atoms with E-state index < -0.39 is 16.1 Å². The van der Waals surface area contributed by atoms with Crippen molar-refractivity contribution in [3.05, 3.63) is 51.3 Å². The van der Waals surface area contributed by atoms with E-state index in [2.05, 4.69) is 126 Å². The van der Waals surface area contributed by atoms with E-state index in [-0.39, 0.29) is 51.2 Å². The molecule has 0 aromatic carbocycles. The molecule has 30 heavy (non-hydrogen) atoms. The van der Waals surface area contributed by atoms with Gasteiger partial charge in [0, 0.05) is 0 Å². The molecule has 1 radical (unpaired) electrons. The molecule has 0 heterocycles. The minimum absolute atomic E-state index is 0. The van der Waals surface area contributed by atoms with E-state index in [9.17, 15) is 0 Å². The molecule has 0 unspecified atom stereocenters. The quantitative estimate of drug-likeness (QED) is 0.226. The maximum absolute atomic E-state index is 3.44. The van der Waals surface area contributed by atoms with Gasteiger partial charge in [0.05, 0.1) is 0 Å². The monoisotopic (exact) mass is 581 g/mol. The van der Waals surface area contributed by atoms with E-state index in [0.29, 0.717) is 0 Å². The summed E-state index contributed by atoms with van der Waals surface area (Å²) in [6.45, 7) is 36.3. The molecule has 171 valence electrons. The minimum atomic E-state index is -0.856. The summed E-state index contributed by atoms with van der Waals surface area (Å²) in [5, 5.41) is 0. The Bertz CT molecular complexity index is 653. The molecule has 2 rings (SSSR count). The van der Waals surface area contributed by atoms with Crippen LogP contribution in [0.2, 0.25) is 39.3 Å². The molecule has 0 aliphatic heterocycles. The van der Waals surface area contributed by atoms with Crippen LogP contribution in [0.5, 0.6) is 0 Å². The van der Waals surface area contributed by atoms with Gasteiger partial charge in [-0.3, -0.25) is 12.2 Å². The normalized spacial score (nSPS) is 19.9. The SMILES string of the molecule is CC1=[C-]C(C)(C)C(C)=C1C.CC1=[C-]C(C)(C)C(C)=C1C.C[Si](C)(C)[CH-][Si](C)(C)C.[Sm+3]. The van der Waals surface area contributed by atoms with Gasteiger partial charge in [0.1, 0.15) is 0 Å². The van der Waals surface area contributed by atoms with Crippen LogP contribution in [0.1, 0.15) is 69.2 Å². The van der Waals surface area contributed by atoms with Gasteiger partial charge in [-0.05, 0) is 0 Å². The first-order chi connectivity index (χ1) is 12.6. The van der Waals surface area contributed by atoms with E-state index >= 15 is 0 Å². The summed E-state index contributed by atoms with van der Waals surface area (Å²) in [7, 11) is -1.71. The summed E-state index contributed by atoms with van der Waals surface area (Å²) in [6.07, 6.45) is 6.87. The largest absolute Gasteiger partial charge is 3.00 e. The van der Waals surface area contributed by atoms with Gasteiger partial charge in [-0.1, -0.05) is 106 Å². The molecule has 0 N–H and O–H groups in total. The number of hydrogen-bond donors (Lipinski definition) is 0. The second kappa shape index (κ2) is 11.7. The van der Waals surface area contributed by atoms with Crippen LogP contribution in [0.15, 0.2) is 33.4 Å². The third-order valence-corrected chi connectivity index (χ3v) is 12.9. The van der Waals surface area contributed by atoms with Crippen LogP contribution in [0, 0.1) is 69.0 Å². The zero-order valence-electron chi connectivity index (χ0n) is 23.0. The Morgan fingerprint density at radius 3 is 0.833 bits per heavy atom. The first-order valence-electron chi connectivity index (χ1n) is 11.1. The fourth-order valence-electron chi connectivity index (χ4n) is 4.11. The van der Waals surface area contributed by atoms with Crippen molar-refractivity contribution in [3.8, 4) is 0 Å². The number of allylic oxidation sites excluding steroid dienone is 8. The summed E-state index contributed by atoms with van der Waals surface area (Å²) in [4.78, 5) is 0. The molecular formula is C27H49Si2Sm. The topological polar surface area (TPSA) is 0 Å². The van der Waals surface area contributed by atoms with Crippen LogP contribution in [-0.4, -0.2) is 16.1 Å². The van der Waals surface area contributed by atoms with Gasteiger partial charge in [-0.15, -0.1) is 30.0 Å². The standard InChI is InChI=1S/2C10H15.C7H19Si2.Sm/c2*1-7-6-10(4,5)9(3)8(7)2;1-8(2,3)7-9(4,5)6;/h2*1-5H3;7H,1-6H3;/q3*-1;+3. The van der Waals surface area contributed by atoms with Gasteiger partial charge in [0.15, 0.2) is 0 Å². The molecule has 0 spiro atoms. The van der Waals surface area contributed by atoms with Crippen LogP contribution < -0.4 is 0 Å². The van der Waals surface area contributed by atoms with Gasteiger partial charge in [0.25, 0.3) is 0 Å². The summed E-state index contributed by atoms with van der Waals surface area (Å²) >= 11 is 0. The van der Waals surface area contributed by atoms with Crippen LogP contribution in [0.25, 0.3) is 0 Å². The Morgan fingerprint density at radius 1 is 0.567 bits per heavy atom. The molecule has 2 aliphatic rings. The second-order valence-corrected chi connectivity index (χ2v) is 22.7. The first kappa shape index (κ1) is 32.9. The van der Waals surface area contributed by atoms with Crippen molar-refractivity contribution >= 4 is 16.1 Å². The molecule has 2 aliphatic carbocycles. The van der Waals surface area contributed by atoms with Crippen molar-refractivity contribution in [1.29, 1.82) is 0 Å². The predicted octanol–water partition coefficient (Wildman–Crippen LogP) is 9.17. The van der Waals surface area contributed by atoms with Gasteiger partial charge in [0.2, 0.25) is 0 Å². The Morgan fingerprint density at radius 2 is 0.800 bits per heavy atom. The smallest absolute Gasteiger partial charge is 0.327 e. The van der Waals surface area contributed by atoms with Crippen LogP contribution >= 0.6 is 0 Å². The maximum atomic E-state index is 3.44. The third kappa shape index (κ3) is 11.0. The zero-order chi connectivity index (χ0) is 23.6. The summed E-state index contributed by atoms with van der Waals surface area (Å²) in [6, 6.07) is 0. The molecule has 0 atom stereocenters. The molecule has 0 aromatic heterocycles. The molecule has 0 bridgehead atoms. The molecule has 0 aromatic rings. The predicted molar refractivity (Wildman–Crippen MR) is 140 cm³/mol. The Balaban J connectivity index is 0. The van der Waals surface area contributed by atoms with Crippen molar-refractivity contribution < 1.29 is 40.4 Å². The molecule has 0 saturated carbocycles. The van der Waals surface area contributed by atoms with Gasteiger partial charge < -0.3 is 5.67 Å². The van der Waals surface area contributed by atoms with Crippen molar-refractivity contribution in [2.45, 2.75) is 109 Å². The number of hydrogen-bond acceptors (Lipinski definition) is 0. The summed E-state index contributed by atoms with van der Waals surface area (Å²) < 4.78 is 0. The number of rotatable bonds is 2. The second-order valence-electron chi connectivity index (χ2n) is 12.1. The van der Waals surface area contributed by atoms with E-state index in [4.69, 9.17) is 0 Å². The van der Waals surface area contributed by atoms with Gasteiger partial charge in [-0.25, -0.2) is 11.1 Å². The van der Waals surface area contributed by atoms with E-state index in [1.165, 1.54) is 33.4 Å². The fraction of sp³-hybridized carbons (Fsp3) is 0.667. The molecule has 0 nitrogen and oxygen atoms in total. The van der Waals surface area contributed by atoms with Crippen LogP contribution in [0.4, 0.5) is 0 Å². The Labute approximate surface area is 225 Å². The van der Waals surface area contributed by atoms with Crippen molar-refractivity contribution in [1.82, 2.24) is 0 Å². The summed E-state index contributed by atoms with van der Waals surface area (Å²) in [5.41, 5.74) is 11.4. The molecule has 3 heteroatoms. The van der Waals surface area contributed by atoms with Crippen LogP contribution in [0.3, 0.4) is 0 Å². The van der Waals surface area contributed by atoms with Crippen molar-refractivity contribution in [3.63, 3.8) is 0 Å². The average Bonchev–Trinajstić information content (AvgIpc) is 2.75. The molecule has 0 saturated heterocycles. The first-order valence-corrected chi connectivity index (χ1v) is 18.2. The van der Waals surface area contributed by atoms with Crippen molar-refractivity contribution in [2.75, 3.05) is 0 Å². The molecule has 0 amide bonds. The maximum Gasteiger partial charge on any atom is 3.00 e. The van der Waals surface area contributed by atoms with Crippen LogP contribution in [-0.2, 0) is 0 Å². The Kier molecular flexibility index (Phi) is 12.9. The van der Waals surface area contributed by atoms with E-state index in [1.807, 2.05) is 0 Å². The zero-order valence-corrected chi connectivity index (χ0v) is 27.6. The van der Waals surface area contributed by atoms with Crippen molar-refractivity contribution in [2.24, 2.45) is 10.8 Å². The van der Waals surface area contributed by atoms with Gasteiger partial charge in [-0.2, -0.15) is 22.3 Å². The van der Waals surface area contributed by atoms with Gasteiger partial charge >= 0.3 is 40.4 Å². The average molecular weight is 580 g/mol. The molecular weight excluding hydrogens is 531 g/mol.